The zero-order valence-electron chi connectivity index (χ0n) is 10.3. The molecule has 3 nitrogen and oxygen atoms in total. The molecule has 0 saturated carbocycles. The van der Waals surface area contributed by atoms with E-state index in [4.69, 9.17) is 5.73 Å². The van der Waals surface area contributed by atoms with Crippen LogP contribution in [0, 0.1) is 5.82 Å². The molecule has 0 bridgehead atoms. The Bertz CT molecular complexity index is 636. The first-order valence-corrected chi connectivity index (χ1v) is 8.14. The van der Waals surface area contributed by atoms with E-state index in [9.17, 15) is 12.8 Å². The molecule has 2 N–H and O–H groups in total. The van der Waals surface area contributed by atoms with E-state index in [0.717, 1.165) is 0 Å². The van der Waals surface area contributed by atoms with Gasteiger partial charge in [-0.2, -0.15) is 0 Å². The van der Waals surface area contributed by atoms with E-state index >= 15 is 0 Å². The molecule has 0 saturated heterocycles. The van der Waals surface area contributed by atoms with Crippen LogP contribution in [0.2, 0.25) is 0 Å². The molecule has 19 heavy (non-hydrogen) atoms. The van der Waals surface area contributed by atoms with Gasteiger partial charge in [0.25, 0.3) is 0 Å². The van der Waals surface area contributed by atoms with Crippen molar-refractivity contribution in [3.63, 3.8) is 0 Å². The lowest BCUT2D eigenvalue weighted by molar-refractivity contribution is 0.566. The van der Waals surface area contributed by atoms with E-state index in [2.05, 4.69) is 0 Å². The molecule has 2 unspecified atom stereocenters. The first kappa shape index (κ1) is 14.2. The summed E-state index contributed by atoms with van der Waals surface area (Å²) in [4.78, 5) is 0. The number of hydrogen-bond donors (Lipinski definition) is 1. The Morgan fingerprint density at radius 1 is 1.21 bits per heavy atom. The topological polar surface area (TPSA) is 60.2 Å². The summed E-state index contributed by atoms with van der Waals surface area (Å²) in [6, 6.07) is 8.15. The Kier molecular flexibility index (Phi) is 4.03. The zero-order chi connectivity index (χ0) is 14.0. The predicted octanol–water partition coefficient (Wildman–Crippen LogP) is 2.75. The van der Waals surface area contributed by atoms with Crippen molar-refractivity contribution >= 4 is 21.2 Å². The largest absolute Gasteiger partial charge is 0.323 e. The summed E-state index contributed by atoms with van der Waals surface area (Å²) < 4.78 is 37.8. The molecule has 1 heterocycles. The molecular weight excluding hydrogens is 285 g/mol. The summed E-state index contributed by atoms with van der Waals surface area (Å²) in [5.74, 6) is -0.371. The van der Waals surface area contributed by atoms with Gasteiger partial charge in [0.1, 0.15) is 10.0 Å². The smallest absolute Gasteiger partial charge is 0.192 e. The van der Waals surface area contributed by atoms with Crippen molar-refractivity contribution in [2.45, 2.75) is 22.4 Å². The van der Waals surface area contributed by atoms with Crippen molar-refractivity contribution in [1.29, 1.82) is 0 Å². The van der Waals surface area contributed by atoms with Crippen molar-refractivity contribution in [2.75, 3.05) is 0 Å². The summed E-state index contributed by atoms with van der Waals surface area (Å²) in [5.41, 5.74) is 6.59. The Balaban J connectivity index is 2.29. The first-order chi connectivity index (χ1) is 8.93. The van der Waals surface area contributed by atoms with Crippen LogP contribution in [0.1, 0.15) is 18.5 Å². The highest BCUT2D eigenvalue weighted by Gasteiger charge is 2.30. The molecular formula is C13H14FNO2S2. The van der Waals surface area contributed by atoms with Crippen LogP contribution in [0.4, 0.5) is 4.39 Å². The number of rotatable bonds is 4. The van der Waals surface area contributed by atoms with E-state index in [1.54, 1.807) is 24.4 Å². The van der Waals surface area contributed by atoms with Crippen molar-refractivity contribution in [2.24, 2.45) is 5.73 Å². The highest BCUT2D eigenvalue weighted by molar-refractivity contribution is 7.94. The summed E-state index contributed by atoms with van der Waals surface area (Å²) in [6.07, 6.45) is 0. The average Bonchev–Trinajstić information content (AvgIpc) is 2.92. The van der Waals surface area contributed by atoms with Gasteiger partial charge in [0.05, 0.1) is 5.25 Å². The van der Waals surface area contributed by atoms with Gasteiger partial charge < -0.3 is 5.73 Å². The Morgan fingerprint density at radius 3 is 2.37 bits per heavy atom. The molecule has 1 aromatic carbocycles. The molecule has 2 rings (SSSR count). The molecule has 0 amide bonds. The minimum Gasteiger partial charge on any atom is -0.323 e. The minimum absolute atomic E-state index is 0.303. The quantitative estimate of drug-likeness (QED) is 0.944. The third kappa shape index (κ3) is 2.86. The summed E-state index contributed by atoms with van der Waals surface area (Å²) >= 11 is 1.17. The molecule has 2 aromatic rings. The Hall–Kier alpha value is -1.24. The number of thiophene rings is 1. The minimum atomic E-state index is -3.45. The highest BCUT2D eigenvalue weighted by Crippen LogP contribution is 2.27. The number of benzene rings is 1. The fraction of sp³-hybridized carbons (Fsp3) is 0.231. The molecule has 0 aliphatic rings. The summed E-state index contributed by atoms with van der Waals surface area (Å²) in [7, 11) is -3.45. The van der Waals surface area contributed by atoms with Gasteiger partial charge in [-0.1, -0.05) is 18.2 Å². The van der Waals surface area contributed by atoms with Crippen LogP contribution < -0.4 is 5.73 Å². The van der Waals surface area contributed by atoms with Gasteiger partial charge in [-0.15, -0.1) is 11.3 Å². The maximum absolute atomic E-state index is 12.9. The maximum Gasteiger partial charge on any atom is 0.192 e. The number of hydrogen-bond acceptors (Lipinski definition) is 4. The second-order valence-electron chi connectivity index (χ2n) is 4.26. The van der Waals surface area contributed by atoms with E-state index in [1.807, 2.05) is 0 Å². The predicted molar refractivity (Wildman–Crippen MR) is 74.3 cm³/mol. The normalized spacial score (nSPS) is 15.1. The fourth-order valence-electron chi connectivity index (χ4n) is 1.76. The van der Waals surface area contributed by atoms with Gasteiger partial charge in [-0.3, -0.25) is 0 Å². The molecule has 1 aromatic heterocycles. The van der Waals surface area contributed by atoms with Crippen molar-refractivity contribution in [3.8, 4) is 0 Å². The number of nitrogens with two attached hydrogens (primary N) is 1. The second kappa shape index (κ2) is 5.40. The van der Waals surface area contributed by atoms with Gasteiger partial charge in [-0.25, -0.2) is 12.8 Å². The molecule has 6 heteroatoms. The molecule has 0 aliphatic heterocycles. The van der Waals surface area contributed by atoms with Crippen LogP contribution in [0.3, 0.4) is 0 Å². The van der Waals surface area contributed by atoms with E-state index in [1.165, 1.54) is 35.6 Å². The standard InChI is InChI=1S/C13H14FNO2S2/c1-9(19(16,17)12-3-2-8-18-12)13(15)10-4-6-11(14)7-5-10/h2-9,13H,15H2,1H3. The van der Waals surface area contributed by atoms with Crippen LogP contribution in [0.5, 0.6) is 0 Å². The number of halogens is 1. The third-order valence-corrected chi connectivity index (χ3v) is 6.64. The van der Waals surface area contributed by atoms with Crippen molar-refractivity contribution in [1.82, 2.24) is 0 Å². The van der Waals surface area contributed by atoms with Gasteiger partial charge in [0.2, 0.25) is 0 Å². The van der Waals surface area contributed by atoms with Crippen LogP contribution >= 0.6 is 11.3 Å². The Labute approximate surface area is 115 Å². The average molecular weight is 299 g/mol. The zero-order valence-corrected chi connectivity index (χ0v) is 11.9. The summed E-state index contributed by atoms with van der Waals surface area (Å²) in [5, 5.41) is 0.944. The monoisotopic (exact) mass is 299 g/mol. The highest BCUT2D eigenvalue weighted by atomic mass is 32.2. The fourth-order valence-corrected chi connectivity index (χ4v) is 4.54. The van der Waals surface area contributed by atoms with Gasteiger partial charge in [-0.05, 0) is 36.1 Å². The lowest BCUT2D eigenvalue weighted by atomic mass is 10.1. The molecule has 0 fully saturated rings. The molecule has 2 atom stereocenters. The van der Waals surface area contributed by atoms with Crippen molar-refractivity contribution in [3.05, 3.63) is 53.2 Å². The van der Waals surface area contributed by atoms with Crippen LogP contribution in [0.25, 0.3) is 0 Å². The van der Waals surface area contributed by atoms with Crippen LogP contribution in [-0.2, 0) is 9.84 Å². The van der Waals surface area contributed by atoms with E-state index in [-0.39, 0.29) is 5.82 Å². The Morgan fingerprint density at radius 2 is 1.84 bits per heavy atom. The second-order valence-corrected chi connectivity index (χ2v) is 7.74. The lowest BCUT2D eigenvalue weighted by Crippen LogP contribution is -2.30. The van der Waals surface area contributed by atoms with Crippen molar-refractivity contribution < 1.29 is 12.8 Å². The molecule has 102 valence electrons. The SMILES string of the molecule is CC(C(N)c1ccc(F)cc1)S(=O)(=O)c1cccs1. The molecule has 0 spiro atoms. The number of sulfone groups is 1. The van der Waals surface area contributed by atoms with Gasteiger partial charge in [0, 0.05) is 6.04 Å². The van der Waals surface area contributed by atoms with Gasteiger partial charge in [0.15, 0.2) is 9.84 Å². The summed E-state index contributed by atoms with van der Waals surface area (Å²) in [6.45, 7) is 1.57. The third-order valence-electron chi connectivity index (χ3n) is 3.03. The van der Waals surface area contributed by atoms with Gasteiger partial charge >= 0.3 is 0 Å². The molecule has 0 radical (unpaired) electrons. The van der Waals surface area contributed by atoms with Crippen LogP contribution in [0.15, 0.2) is 46.0 Å². The lowest BCUT2D eigenvalue weighted by Gasteiger charge is -2.19. The van der Waals surface area contributed by atoms with E-state index in [0.29, 0.717) is 9.77 Å². The maximum atomic E-state index is 12.9. The first-order valence-electron chi connectivity index (χ1n) is 5.71. The molecule has 0 aliphatic carbocycles. The van der Waals surface area contributed by atoms with Crippen LogP contribution in [-0.4, -0.2) is 13.7 Å². The van der Waals surface area contributed by atoms with E-state index < -0.39 is 21.1 Å².